The molecule has 1 aromatic rings. The maximum Gasteiger partial charge on any atom is 0.303 e. The van der Waals surface area contributed by atoms with Gasteiger partial charge in [-0.25, -0.2) is 0 Å². The molecule has 0 fully saturated rings. The Hall–Kier alpha value is -2.37. The number of carboxylic acids is 1. The SMILES string of the molecule is NC(=O)C(Cc1ccccc1)NC(=O)CCC(=O)O. The summed E-state index contributed by atoms with van der Waals surface area (Å²) in [5.41, 5.74) is 6.08. The fourth-order valence-corrected chi connectivity index (χ4v) is 1.56. The van der Waals surface area contributed by atoms with Crippen molar-refractivity contribution < 1.29 is 19.5 Å². The first-order chi connectivity index (χ1) is 8.99. The van der Waals surface area contributed by atoms with E-state index >= 15 is 0 Å². The standard InChI is InChI=1S/C13H16N2O4/c14-13(19)10(8-9-4-2-1-3-5-9)15-11(16)6-7-12(17)18/h1-5,10H,6-8H2,(H2,14,19)(H,15,16)(H,17,18). The van der Waals surface area contributed by atoms with Crippen molar-refractivity contribution in [1.29, 1.82) is 0 Å². The molecule has 1 aromatic carbocycles. The number of carbonyl (C=O) groups is 3. The molecule has 0 saturated heterocycles. The first-order valence-corrected chi connectivity index (χ1v) is 5.83. The largest absolute Gasteiger partial charge is 0.481 e. The molecular formula is C13H16N2O4. The monoisotopic (exact) mass is 264 g/mol. The first kappa shape index (κ1) is 14.7. The van der Waals surface area contributed by atoms with Gasteiger partial charge in [0.1, 0.15) is 6.04 Å². The topological polar surface area (TPSA) is 109 Å². The Bertz CT molecular complexity index is 459. The number of benzene rings is 1. The molecule has 1 unspecified atom stereocenters. The highest BCUT2D eigenvalue weighted by atomic mass is 16.4. The van der Waals surface area contributed by atoms with Crippen LogP contribution in [0.1, 0.15) is 18.4 Å². The van der Waals surface area contributed by atoms with E-state index in [2.05, 4.69) is 5.32 Å². The second kappa shape index (κ2) is 7.15. The number of nitrogens with two attached hydrogens (primary N) is 1. The Labute approximate surface area is 110 Å². The fourth-order valence-electron chi connectivity index (χ4n) is 1.56. The van der Waals surface area contributed by atoms with Gasteiger partial charge in [-0.05, 0) is 5.56 Å². The molecule has 0 heterocycles. The average Bonchev–Trinajstić information content (AvgIpc) is 2.36. The van der Waals surface area contributed by atoms with Crippen molar-refractivity contribution in [2.75, 3.05) is 0 Å². The lowest BCUT2D eigenvalue weighted by Gasteiger charge is -2.15. The summed E-state index contributed by atoms with van der Waals surface area (Å²) in [4.78, 5) is 33.1. The number of rotatable bonds is 7. The summed E-state index contributed by atoms with van der Waals surface area (Å²) in [7, 11) is 0. The minimum atomic E-state index is -1.06. The smallest absolute Gasteiger partial charge is 0.303 e. The zero-order valence-corrected chi connectivity index (χ0v) is 10.3. The van der Waals surface area contributed by atoms with Crippen molar-refractivity contribution in [3.05, 3.63) is 35.9 Å². The van der Waals surface area contributed by atoms with E-state index in [1.54, 1.807) is 0 Å². The Morgan fingerprint density at radius 3 is 2.32 bits per heavy atom. The number of carbonyl (C=O) groups excluding carboxylic acids is 2. The van der Waals surface area contributed by atoms with Crippen LogP contribution in [0.5, 0.6) is 0 Å². The van der Waals surface area contributed by atoms with Gasteiger partial charge in [0.05, 0.1) is 6.42 Å². The molecule has 2 amide bonds. The normalized spacial score (nSPS) is 11.6. The van der Waals surface area contributed by atoms with Crippen molar-refractivity contribution in [1.82, 2.24) is 5.32 Å². The van der Waals surface area contributed by atoms with Crippen LogP contribution in [0.2, 0.25) is 0 Å². The van der Waals surface area contributed by atoms with Crippen LogP contribution in [-0.4, -0.2) is 28.9 Å². The van der Waals surface area contributed by atoms with Gasteiger partial charge in [0.25, 0.3) is 0 Å². The summed E-state index contributed by atoms with van der Waals surface area (Å²) in [6.07, 6.45) is -0.161. The summed E-state index contributed by atoms with van der Waals surface area (Å²) in [6, 6.07) is 8.29. The molecule has 0 aromatic heterocycles. The molecular weight excluding hydrogens is 248 g/mol. The molecule has 6 nitrogen and oxygen atoms in total. The number of hydrogen-bond donors (Lipinski definition) is 3. The van der Waals surface area contributed by atoms with Gasteiger partial charge in [0, 0.05) is 12.8 Å². The third-order valence-corrected chi connectivity index (χ3v) is 2.53. The predicted molar refractivity (Wildman–Crippen MR) is 68.1 cm³/mol. The molecule has 0 bridgehead atoms. The maximum absolute atomic E-state index is 11.5. The van der Waals surface area contributed by atoms with E-state index in [1.165, 1.54) is 0 Å². The maximum atomic E-state index is 11.5. The van der Waals surface area contributed by atoms with E-state index in [9.17, 15) is 14.4 Å². The van der Waals surface area contributed by atoms with Gasteiger partial charge in [-0.1, -0.05) is 30.3 Å². The van der Waals surface area contributed by atoms with Gasteiger partial charge in [-0.3, -0.25) is 14.4 Å². The first-order valence-electron chi connectivity index (χ1n) is 5.83. The molecule has 0 aliphatic carbocycles. The fraction of sp³-hybridized carbons (Fsp3) is 0.308. The van der Waals surface area contributed by atoms with Crippen LogP contribution in [0.3, 0.4) is 0 Å². The third-order valence-electron chi connectivity index (χ3n) is 2.53. The highest BCUT2D eigenvalue weighted by molar-refractivity contribution is 5.87. The van der Waals surface area contributed by atoms with E-state index in [4.69, 9.17) is 10.8 Å². The zero-order valence-electron chi connectivity index (χ0n) is 10.3. The number of carboxylic acid groups (broad SMARTS) is 1. The molecule has 0 aliphatic heterocycles. The molecule has 19 heavy (non-hydrogen) atoms. The molecule has 102 valence electrons. The van der Waals surface area contributed by atoms with Gasteiger partial charge in [-0.15, -0.1) is 0 Å². The van der Waals surface area contributed by atoms with Gasteiger partial charge >= 0.3 is 5.97 Å². The number of aliphatic carboxylic acids is 1. The van der Waals surface area contributed by atoms with Crippen LogP contribution in [0, 0.1) is 0 Å². The molecule has 4 N–H and O–H groups in total. The van der Waals surface area contributed by atoms with Crippen molar-refractivity contribution in [3.63, 3.8) is 0 Å². The van der Waals surface area contributed by atoms with E-state index in [0.717, 1.165) is 5.56 Å². The number of hydrogen-bond acceptors (Lipinski definition) is 3. The predicted octanol–water partition coefficient (Wildman–Crippen LogP) is 0.0640. The molecule has 6 heteroatoms. The van der Waals surface area contributed by atoms with Crippen molar-refractivity contribution in [3.8, 4) is 0 Å². The number of nitrogens with one attached hydrogen (secondary N) is 1. The van der Waals surface area contributed by atoms with Crippen LogP contribution in [0.4, 0.5) is 0 Å². The summed E-state index contributed by atoms with van der Waals surface area (Å²) in [5, 5.41) is 10.9. The molecule has 0 saturated carbocycles. The minimum Gasteiger partial charge on any atom is -0.481 e. The molecule has 1 rings (SSSR count). The Morgan fingerprint density at radius 2 is 1.79 bits per heavy atom. The van der Waals surface area contributed by atoms with E-state index < -0.39 is 23.8 Å². The van der Waals surface area contributed by atoms with Gasteiger partial charge in [0.15, 0.2) is 0 Å². The third kappa shape index (κ3) is 5.67. The van der Waals surface area contributed by atoms with Crippen molar-refractivity contribution in [2.45, 2.75) is 25.3 Å². The van der Waals surface area contributed by atoms with Gasteiger partial charge < -0.3 is 16.2 Å². The molecule has 0 spiro atoms. The summed E-state index contributed by atoms with van der Waals surface area (Å²) >= 11 is 0. The summed E-state index contributed by atoms with van der Waals surface area (Å²) in [5.74, 6) is -2.21. The highest BCUT2D eigenvalue weighted by Crippen LogP contribution is 2.03. The number of amides is 2. The molecule has 1 atom stereocenters. The lowest BCUT2D eigenvalue weighted by Crippen LogP contribution is -2.45. The van der Waals surface area contributed by atoms with E-state index in [0.29, 0.717) is 0 Å². The Morgan fingerprint density at radius 1 is 1.16 bits per heavy atom. The minimum absolute atomic E-state index is 0.173. The highest BCUT2D eigenvalue weighted by Gasteiger charge is 2.18. The second-order valence-electron chi connectivity index (χ2n) is 4.11. The number of primary amides is 1. The van der Waals surface area contributed by atoms with Gasteiger partial charge in [0.2, 0.25) is 11.8 Å². The van der Waals surface area contributed by atoms with E-state index in [1.807, 2.05) is 30.3 Å². The van der Waals surface area contributed by atoms with Crippen LogP contribution in [0.15, 0.2) is 30.3 Å². The Kier molecular flexibility index (Phi) is 5.53. The van der Waals surface area contributed by atoms with Crippen LogP contribution >= 0.6 is 0 Å². The molecule has 0 aliphatic rings. The molecule has 0 radical (unpaired) electrons. The average molecular weight is 264 g/mol. The van der Waals surface area contributed by atoms with Crippen LogP contribution in [0.25, 0.3) is 0 Å². The Balaban J connectivity index is 2.56. The second-order valence-corrected chi connectivity index (χ2v) is 4.11. The van der Waals surface area contributed by atoms with Crippen molar-refractivity contribution >= 4 is 17.8 Å². The lowest BCUT2D eigenvalue weighted by atomic mass is 10.1. The summed E-state index contributed by atoms with van der Waals surface area (Å²) < 4.78 is 0. The summed E-state index contributed by atoms with van der Waals surface area (Å²) in [6.45, 7) is 0. The van der Waals surface area contributed by atoms with Gasteiger partial charge in [-0.2, -0.15) is 0 Å². The van der Waals surface area contributed by atoms with Crippen LogP contribution in [-0.2, 0) is 20.8 Å². The van der Waals surface area contributed by atoms with Crippen molar-refractivity contribution in [2.24, 2.45) is 5.73 Å². The quantitative estimate of drug-likeness (QED) is 0.647. The van der Waals surface area contributed by atoms with Crippen LogP contribution < -0.4 is 11.1 Å². The van der Waals surface area contributed by atoms with E-state index in [-0.39, 0.29) is 19.3 Å². The zero-order chi connectivity index (χ0) is 14.3. The lowest BCUT2D eigenvalue weighted by molar-refractivity contribution is -0.139.